The third-order valence-corrected chi connectivity index (χ3v) is 4.72. The lowest BCUT2D eigenvalue weighted by Crippen LogP contribution is -2.07. The van der Waals surface area contributed by atoms with Crippen molar-refractivity contribution in [3.63, 3.8) is 0 Å². The average Bonchev–Trinajstić information content (AvgIpc) is 2.70. The minimum atomic E-state index is -0.398. The molecule has 20 heavy (non-hydrogen) atoms. The van der Waals surface area contributed by atoms with Gasteiger partial charge in [0.25, 0.3) is 5.69 Å². The second-order valence-electron chi connectivity index (χ2n) is 4.66. The lowest BCUT2D eigenvalue weighted by Gasteiger charge is -2.16. The number of rotatable bonds is 4. The Morgan fingerprint density at radius 1 is 1.35 bits per heavy atom. The Balaban J connectivity index is 2.22. The first-order valence-corrected chi connectivity index (χ1v) is 7.77. The van der Waals surface area contributed by atoms with Crippen LogP contribution in [0.4, 0.5) is 11.4 Å². The fourth-order valence-electron chi connectivity index (χ4n) is 2.13. The predicted molar refractivity (Wildman–Crippen MR) is 86.6 cm³/mol. The maximum Gasteiger partial charge on any atom is 0.270 e. The number of anilines is 1. The highest BCUT2D eigenvalue weighted by Crippen LogP contribution is 2.32. The highest BCUT2D eigenvalue weighted by Gasteiger charge is 2.14. The molecule has 0 radical (unpaired) electrons. The summed E-state index contributed by atoms with van der Waals surface area (Å²) in [4.78, 5) is 12.9. The van der Waals surface area contributed by atoms with Crippen molar-refractivity contribution in [3.8, 4) is 0 Å². The van der Waals surface area contributed by atoms with Crippen molar-refractivity contribution < 1.29 is 4.92 Å². The van der Waals surface area contributed by atoms with Crippen LogP contribution < -0.4 is 5.32 Å². The molecule has 1 unspecified atom stereocenters. The number of thiophene rings is 1. The van der Waals surface area contributed by atoms with Crippen LogP contribution in [0, 0.1) is 24.0 Å². The van der Waals surface area contributed by atoms with Gasteiger partial charge in [0.2, 0.25) is 0 Å². The number of aryl methyl sites for hydroxylation is 2. The van der Waals surface area contributed by atoms with Crippen molar-refractivity contribution >= 4 is 38.6 Å². The van der Waals surface area contributed by atoms with E-state index in [4.69, 9.17) is 0 Å². The summed E-state index contributed by atoms with van der Waals surface area (Å²) in [5.41, 5.74) is 2.20. The molecule has 1 N–H and O–H groups in total. The SMILES string of the molecule is Cc1cc(C(C)Nc2ccc([N+](=O)[O-])cc2Br)c(C)s1. The van der Waals surface area contributed by atoms with Crippen molar-refractivity contribution in [3.05, 3.63) is 54.2 Å². The Morgan fingerprint density at radius 3 is 2.55 bits per heavy atom. The van der Waals surface area contributed by atoms with E-state index >= 15 is 0 Å². The highest BCUT2D eigenvalue weighted by atomic mass is 79.9. The van der Waals surface area contributed by atoms with Crippen molar-refractivity contribution in [2.24, 2.45) is 0 Å². The standard InChI is InChI=1S/C14H15BrN2O2S/c1-8-6-12(10(3)20-8)9(2)16-14-5-4-11(17(18)19)7-13(14)15/h4-7,9,16H,1-3H3. The topological polar surface area (TPSA) is 55.2 Å². The number of hydrogen-bond donors (Lipinski definition) is 1. The van der Waals surface area contributed by atoms with E-state index in [9.17, 15) is 10.1 Å². The zero-order valence-corrected chi connectivity index (χ0v) is 13.8. The van der Waals surface area contributed by atoms with Gasteiger partial charge in [0, 0.05) is 38.1 Å². The summed E-state index contributed by atoms with van der Waals surface area (Å²) < 4.78 is 0.697. The Labute approximate surface area is 130 Å². The molecule has 0 aliphatic carbocycles. The van der Waals surface area contributed by atoms with E-state index < -0.39 is 4.92 Å². The van der Waals surface area contributed by atoms with Crippen LogP contribution in [0.3, 0.4) is 0 Å². The summed E-state index contributed by atoms with van der Waals surface area (Å²) in [6.07, 6.45) is 0. The van der Waals surface area contributed by atoms with Gasteiger partial charge in [-0.3, -0.25) is 10.1 Å². The number of nitrogens with one attached hydrogen (secondary N) is 1. The van der Waals surface area contributed by atoms with Gasteiger partial charge in [0.15, 0.2) is 0 Å². The number of hydrogen-bond acceptors (Lipinski definition) is 4. The molecular weight excluding hydrogens is 340 g/mol. The number of non-ortho nitro benzene ring substituents is 1. The number of benzene rings is 1. The smallest absolute Gasteiger partial charge is 0.270 e. The summed E-state index contributed by atoms with van der Waals surface area (Å²) >= 11 is 5.15. The van der Waals surface area contributed by atoms with E-state index in [0.29, 0.717) is 4.47 Å². The molecule has 0 saturated carbocycles. The van der Waals surface area contributed by atoms with Gasteiger partial charge < -0.3 is 5.32 Å². The molecule has 1 atom stereocenters. The Morgan fingerprint density at radius 2 is 2.05 bits per heavy atom. The van der Waals surface area contributed by atoms with Crippen LogP contribution in [-0.4, -0.2) is 4.92 Å². The number of nitrogens with zero attached hydrogens (tertiary/aromatic N) is 1. The van der Waals surface area contributed by atoms with Gasteiger partial charge in [0.05, 0.1) is 4.92 Å². The largest absolute Gasteiger partial charge is 0.378 e. The van der Waals surface area contributed by atoms with Gasteiger partial charge in [-0.15, -0.1) is 11.3 Å². The molecule has 106 valence electrons. The third kappa shape index (κ3) is 3.19. The molecule has 4 nitrogen and oxygen atoms in total. The van der Waals surface area contributed by atoms with Crippen LogP contribution in [0.15, 0.2) is 28.7 Å². The number of halogens is 1. The van der Waals surface area contributed by atoms with Crippen molar-refractivity contribution in [1.29, 1.82) is 0 Å². The summed E-state index contributed by atoms with van der Waals surface area (Å²) in [5, 5.41) is 14.1. The van der Waals surface area contributed by atoms with E-state index in [-0.39, 0.29) is 11.7 Å². The lowest BCUT2D eigenvalue weighted by molar-refractivity contribution is -0.384. The fourth-order valence-corrected chi connectivity index (χ4v) is 3.63. The van der Waals surface area contributed by atoms with Gasteiger partial charge in [-0.1, -0.05) is 0 Å². The minimum Gasteiger partial charge on any atom is -0.378 e. The summed E-state index contributed by atoms with van der Waals surface area (Å²) in [6, 6.07) is 7.08. The molecule has 0 saturated heterocycles. The third-order valence-electron chi connectivity index (χ3n) is 3.08. The van der Waals surface area contributed by atoms with Gasteiger partial charge in [-0.2, -0.15) is 0 Å². The first-order valence-electron chi connectivity index (χ1n) is 6.16. The minimum absolute atomic E-state index is 0.0811. The number of nitro benzene ring substituents is 1. The summed E-state index contributed by atoms with van der Waals surface area (Å²) in [6.45, 7) is 6.29. The molecular formula is C14H15BrN2O2S. The molecule has 6 heteroatoms. The molecule has 1 heterocycles. The Kier molecular flexibility index (Phi) is 4.45. The summed E-state index contributed by atoms with van der Waals surface area (Å²) in [7, 11) is 0. The van der Waals surface area contributed by atoms with E-state index in [1.165, 1.54) is 27.5 Å². The van der Waals surface area contributed by atoms with Crippen LogP contribution in [0.2, 0.25) is 0 Å². The van der Waals surface area contributed by atoms with Gasteiger partial charge >= 0.3 is 0 Å². The monoisotopic (exact) mass is 354 g/mol. The van der Waals surface area contributed by atoms with Gasteiger partial charge in [0.1, 0.15) is 0 Å². The lowest BCUT2D eigenvalue weighted by atomic mass is 10.1. The molecule has 2 rings (SSSR count). The Bertz CT molecular complexity index is 655. The molecule has 0 bridgehead atoms. The maximum atomic E-state index is 10.7. The van der Waals surface area contributed by atoms with Gasteiger partial charge in [-0.05, 0) is 54.4 Å². The first-order chi connectivity index (χ1) is 9.38. The van der Waals surface area contributed by atoms with E-state index in [2.05, 4.69) is 48.1 Å². The molecule has 1 aromatic heterocycles. The molecule has 0 amide bonds. The highest BCUT2D eigenvalue weighted by molar-refractivity contribution is 9.10. The van der Waals surface area contributed by atoms with E-state index in [1.807, 2.05) is 0 Å². The van der Waals surface area contributed by atoms with E-state index in [1.54, 1.807) is 17.4 Å². The summed E-state index contributed by atoms with van der Waals surface area (Å²) in [5.74, 6) is 0. The van der Waals surface area contributed by atoms with Crippen LogP contribution >= 0.6 is 27.3 Å². The maximum absolute atomic E-state index is 10.7. The average molecular weight is 355 g/mol. The molecule has 2 aromatic rings. The fraction of sp³-hybridized carbons (Fsp3) is 0.286. The van der Waals surface area contributed by atoms with Crippen LogP contribution in [0.5, 0.6) is 0 Å². The first kappa shape index (κ1) is 15.0. The molecule has 0 aliphatic rings. The normalized spacial score (nSPS) is 12.2. The zero-order chi connectivity index (χ0) is 14.9. The second kappa shape index (κ2) is 5.93. The van der Waals surface area contributed by atoms with Crippen LogP contribution in [0.1, 0.15) is 28.3 Å². The van der Waals surface area contributed by atoms with Crippen molar-refractivity contribution in [2.45, 2.75) is 26.8 Å². The van der Waals surface area contributed by atoms with Crippen molar-refractivity contribution in [2.75, 3.05) is 5.32 Å². The van der Waals surface area contributed by atoms with Gasteiger partial charge in [-0.25, -0.2) is 0 Å². The molecule has 0 fully saturated rings. The van der Waals surface area contributed by atoms with Crippen LogP contribution in [-0.2, 0) is 0 Å². The molecule has 1 aromatic carbocycles. The van der Waals surface area contributed by atoms with E-state index in [0.717, 1.165) is 5.69 Å². The predicted octanol–water partition coefficient (Wildman–Crippen LogP) is 5.21. The second-order valence-corrected chi connectivity index (χ2v) is 6.97. The zero-order valence-electron chi connectivity index (χ0n) is 11.4. The van der Waals surface area contributed by atoms with Crippen molar-refractivity contribution in [1.82, 2.24) is 0 Å². The Hall–Kier alpha value is -1.40. The molecule has 0 spiro atoms. The number of nitro groups is 1. The molecule has 0 aliphatic heterocycles. The quantitative estimate of drug-likeness (QED) is 0.605. The van der Waals surface area contributed by atoms with Crippen LogP contribution in [0.25, 0.3) is 0 Å².